The number of rotatable bonds is 1. The van der Waals surface area contributed by atoms with Crippen LogP contribution in [0.3, 0.4) is 0 Å². The van der Waals surface area contributed by atoms with E-state index in [-0.39, 0.29) is 0 Å². The van der Waals surface area contributed by atoms with E-state index in [1.165, 1.54) is 7.11 Å². The predicted octanol–water partition coefficient (Wildman–Crippen LogP) is 2.05. The standard InChI is InChI=1S/C10H10N2O2/c1-8-5-3-4-6-9(8)12(7-11)10(13)14-2/h3-6H,1-2H3. The lowest BCUT2D eigenvalue weighted by Crippen LogP contribution is -2.25. The molecule has 4 nitrogen and oxygen atoms in total. The van der Waals surface area contributed by atoms with Crippen molar-refractivity contribution >= 4 is 11.8 Å². The average molecular weight is 190 g/mol. The number of para-hydroxylation sites is 1. The van der Waals surface area contributed by atoms with Crippen LogP contribution in [0.25, 0.3) is 0 Å². The summed E-state index contributed by atoms with van der Waals surface area (Å²) in [6.07, 6.45) is 1.09. The highest BCUT2D eigenvalue weighted by atomic mass is 16.5. The maximum absolute atomic E-state index is 11.2. The number of carbonyl (C=O) groups is 1. The number of ether oxygens (including phenoxy) is 1. The lowest BCUT2D eigenvalue weighted by atomic mass is 10.2. The molecule has 0 aliphatic rings. The number of nitrogens with zero attached hydrogens (tertiary/aromatic N) is 2. The molecule has 0 bridgehead atoms. The first-order chi connectivity index (χ1) is 6.70. The zero-order chi connectivity index (χ0) is 10.6. The Balaban J connectivity index is 3.09. The fraction of sp³-hybridized carbons (Fsp3) is 0.200. The molecule has 0 atom stereocenters. The smallest absolute Gasteiger partial charge is 0.427 e. The van der Waals surface area contributed by atoms with Crippen LogP contribution in [0, 0.1) is 18.4 Å². The van der Waals surface area contributed by atoms with Crippen molar-refractivity contribution in [2.45, 2.75) is 6.92 Å². The van der Waals surface area contributed by atoms with Crippen LogP contribution in [-0.4, -0.2) is 13.2 Å². The van der Waals surface area contributed by atoms with Crippen LogP contribution in [0.1, 0.15) is 5.56 Å². The highest BCUT2D eigenvalue weighted by Crippen LogP contribution is 2.18. The van der Waals surface area contributed by atoms with Crippen LogP contribution in [0.4, 0.5) is 10.5 Å². The molecule has 0 saturated carbocycles. The topological polar surface area (TPSA) is 53.3 Å². The Kier molecular flexibility index (Phi) is 3.08. The van der Waals surface area contributed by atoms with Crippen molar-refractivity contribution in [2.75, 3.05) is 12.0 Å². The Hall–Kier alpha value is -2.02. The second kappa shape index (κ2) is 4.28. The second-order valence-corrected chi connectivity index (χ2v) is 2.69. The van der Waals surface area contributed by atoms with Crippen LogP contribution in [0.15, 0.2) is 24.3 Å². The molecule has 72 valence electrons. The second-order valence-electron chi connectivity index (χ2n) is 2.69. The van der Waals surface area contributed by atoms with Gasteiger partial charge in [0, 0.05) is 0 Å². The molecular weight excluding hydrogens is 180 g/mol. The van der Waals surface area contributed by atoms with E-state index in [0.717, 1.165) is 10.5 Å². The Morgan fingerprint density at radius 2 is 2.14 bits per heavy atom. The summed E-state index contributed by atoms with van der Waals surface area (Å²) in [6.45, 7) is 1.82. The van der Waals surface area contributed by atoms with Crippen molar-refractivity contribution < 1.29 is 9.53 Å². The molecule has 0 fully saturated rings. The fourth-order valence-corrected chi connectivity index (χ4v) is 1.10. The van der Waals surface area contributed by atoms with Crippen molar-refractivity contribution in [3.63, 3.8) is 0 Å². The number of nitriles is 1. The van der Waals surface area contributed by atoms with Crippen LogP contribution < -0.4 is 4.90 Å². The number of methoxy groups -OCH3 is 1. The summed E-state index contributed by atoms with van der Waals surface area (Å²) in [6, 6.07) is 7.11. The maximum atomic E-state index is 11.2. The number of benzene rings is 1. The fourth-order valence-electron chi connectivity index (χ4n) is 1.10. The van der Waals surface area contributed by atoms with E-state index in [4.69, 9.17) is 5.26 Å². The number of carbonyl (C=O) groups excluding carboxylic acids is 1. The van der Waals surface area contributed by atoms with Crippen LogP contribution in [0.5, 0.6) is 0 Å². The van der Waals surface area contributed by atoms with Crippen molar-refractivity contribution in [3.05, 3.63) is 29.8 Å². The molecule has 1 aromatic carbocycles. The predicted molar refractivity (Wildman–Crippen MR) is 51.7 cm³/mol. The Morgan fingerprint density at radius 1 is 1.50 bits per heavy atom. The van der Waals surface area contributed by atoms with Crippen LogP contribution in [-0.2, 0) is 4.74 Å². The number of hydrogen-bond donors (Lipinski definition) is 0. The molecule has 0 N–H and O–H groups in total. The van der Waals surface area contributed by atoms with Gasteiger partial charge >= 0.3 is 6.09 Å². The van der Waals surface area contributed by atoms with Gasteiger partial charge in [-0.1, -0.05) is 18.2 Å². The van der Waals surface area contributed by atoms with E-state index in [2.05, 4.69) is 4.74 Å². The molecule has 0 aromatic heterocycles. The van der Waals surface area contributed by atoms with E-state index >= 15 is 0 Å². The van der Waals surface area contributed by atoms with E-state index in [0.29, 0.717) is 5.69 Å². The average Bonchev–Trinajstić information content (AvgIpc) is 2.21. The van der Waals surface area contributed by atoms with Crippen molar-refractivity contribution in [1.29, 1.82) is 5.26 Å². The first kappa shape index (κ1) is 10.1. The minimum Gasteiger partial charge on any atom is -0.452 e. The molecule has 0 unspecified atom stereocenters. The lowest BCUT2D eigenvalue weighted by molar-refractivity contribution is 0.181. The molecule has 1 rings (SSSR count). The number of aryl methyl sites for hydroxylation is 1. The summed E-state index contributed by atoms with van der Waals surface area (Å²) < 4.78 is 4.48. The molecule has 0 saturated heterocycles. The van der Waals surface area contributed by atoms with Gasteiger partial charge in [-0.2, -0.15) is 10.2 Å². The summed E-state index contributed by atoms with van der Waals surface area (Å²) in [5.74, 6) is 0. The zero-order valence-electron chi connectivity index (χ0n) is 8.02. The summed E-state index contributed by atoms with van der Waals surface area (Å²) in [5, 5.41) is 8.78. The zero-order valence-corrected chi connectivity index (χ0v) is 8.02. The van der Waals surface area contributed by atoms with Crippen molar-refractivity contribution in [2.24, 2.45) is 0 Å². The van der Waals surface area contributed by atoms with Gasteiger partial charge in [0.2, 0.25) is 0 Å². The van der Waals surface area contributed by atoms with Crippen LogP contribution >= 0.6 is 0 Å². The number of amides is 1. The molecule has 1 aromatic rings. The van der Waals surface area contributed by atoms with E-state index < -0.39 is 6.09 Å². The molecule has 4 heteroatoms. The van der Waals surface area contributed by atoms with Gasteiger partial charge in [0.05, 0.1) is 12.8 Å². The largest absolute Gasteiger partial charge is 0.452 e. The summed E-state index contributed by atoms with van der Waals surface area (Å²) in [5.41, 5.74) is 1.39. The lowest BCUT2D eigenvalue weighted by Gasteiger charge is -2.13. The van der Waals surface area contributed by atoms with Gasteiger partial charge in [-0.3, -0.25) is 0 Å². The molecule has 0 aliphatic carbocycles. The van der Waals surface area contributed by atoms with Gasteiger partial charge in [-0.25, -0.2) is 4.79 Å². The first-order valence-corrected chi connectivity index (χ1v) is 4.04. The Bertz CT molecular complexity index is 382. The highest BCUT2D eigenvalue weighted by Gasteiger charge is 2.16. The minimum atomic E-state index is -0.679. The van der Waals surface area contributed by atoms with Crippen molar-refractivity contribution in [1.82, 2.24) is 0 Å². The quantitative estimate of drug-likeness (QED) is 0.503. The maximum Gasteiger partial charge on any atom is 0.427 e. The summed E-state index contributed by atoms with van der Waals surface area (Å²) >= 11 is 0. The van der Waals surface area contributed by atoms with E-state index in [1.807, 2.05) is 19.1 Å². The molecular formula is C10H10N2O2. The molecule has 14 heavy (non-hydrogen) atoms. The van der Waals surface area contributed by atoms with E-state index in [1.54, 1.807) is 18.3 Å². The first-order valence-electron chi connectivity index (χ1n) is 4.04. The molecule has 0 heterocycles. The third kappa shape index (κ3) is 1.83. The molecule has 1 amide bonds. The SMILES string of the molecule is COC(=O)N(C#N)c1ccccc1C. The van der Waals surface area contributed by atoms with Gasteiger partial charge in [-0.05, 0) is 18.6 Å². The molecule has 0 spiro atoms. The third-order valence-electron chi connectivity index (χ3n) is 1.81. The van der Waals surface area contributed by atoms with Crippen molar-refractivity contribution in [3.8, 4) is 6.19 Å². The minimum absolute atomic E-state index is 0.543. The third-order valence-corrected chi connectivity index (χ3v) is 1.81. The highest BCUT2D eigenvalue weighted by molar-refractivity contribution is 5.91. The summed E-state index contributed by atoms with van der Waals surface area (Å²) in [7, 11) is 1.24. The number of anilines is 1. The van der Waals surface area contributed by atoms with Gasteiger partial charge in [0.15, 0.2) is 6.19 Å². The van der Waals surface area contributed by atoms with E-state index in [9.17, 15) is 4.79 Å². The number of hydrogen-bond acceptors (Lipinski definition) is 3. The van der Waals surface area contributed by atoms with Gasteiger partial charge in [-0.15, -0.1) is 0 Å². The monoisotopic (exact) mass is 190 g/mol. The van der Waals surface area contributed by atoms with Crippen LogP contribution in [0.2, 0.25) is 0 Å². The molecule has 0 radical (unpaired) electrons. The van der Waals surface area contributed by atoms with Gasteiger partial charge in [0.25, 0.3) is 0 Å². The Morgan fingerprint density at radius 3 is 2.64 bits per heavy atom. The Labute approximate surface area is 82.3 Å². The summed E-state index contributed by atoms with van der Waals surface area (Å²) in [4.78, 5) is 12.1. The normalized spacial score (nSPS) is 8.93. The van der Waals surface area contributed by atoms with Gasteiger partial charge < -0.3 is 4.74 Å². The molecule has 0 aliphatic heterocycles. The van der Waals surface area contributed by atoms with Gasteiger partial charge in [0.1, 0.15) is 0 Å².